The maximum absolute atomic E-state index is 12.2. The molecule has 0 aliphatic carbocycles. The summed E-state index contributed by atoms with van der Waals surface area (Å²) < 4.78 is 0. The lowest BCUT2D eigenvalue weighted by atomic mass is 10.1. The average Bonchev–Trinajstić information content (AvgIpc) is 2.39. The molecule has 17 heavy (non-hydrogen) atoms. The van der Waals surface area contributed by atoms with E-state index >= 15 is 0 Å². The third kappa shape index (κ3) is 2.96. The molecular weight excluding hydrogens is 238 g/mol. The summed E-state index contributed by atoms with van der Waals surface area (Å²) in [6.45, 7) is 1.56. The molecule has 92 valence electrons. The van der Waals surface area contributed by atoms with Gasteiger partial charge in [-0.3, -0.25) is 4.79 Å². The van der Waals surface area contributed by atoms with Crippen LogP contribution < -0.4 is 5.32 Å². The van der Waals surface area contributed by atoms with Crippen molar-refractivity contribution in [3.63, 3.8) is 0 Å². The molecule has 1 fully saturated rings. The highest BCUT2D eigenvalue weighted by Crippen LogP contribution is 2.14. The molecule has 1 atom stereocenters. The van der Waals surface area contributed by atoms with Crippen LogP contribution in [0.3, 0.4) is 0 Å². The lowest BCUT2D eigenvalue weighted by Crippen LogP contribution is -2.47. The number of likely N-dealkylation sites (tertiary alicyclic amines) is 1. The van der Waals surface area contributed by atoms with Crippen LogP contribution in [0.4, 0.5) is 0 Å². The Morgan fingerprint density at radius 2 is 2.41 bits per heavy atom. The molecule has 1 N–H and O–H groups in total. The van der Waals surface area contributed by atoms with Crippen molar-refractivity contribution in [3.8, 4) is 0 Å². The number of amides is 1. The maximum Gasteiger partial charge on any atom is 0.272 e. The average molecular weight is 254 g/mol. The smallest absolute Gasteiger partial charge is 0.272 e. The molecule has 0 radical (unpaired) electrons. The van der Waals surface area contributed by atoms with Gasteiger partial charge in [-0.25, -0.2) is 4.98 Å². The van der Waals surface area contributed by atoms with Gasteiger partial charge in [-0.1, -0.05) is 11.6 Å². The summed E-state index contributed by atoms with van der Waals surface area (Å²) in [4.78, 5) is 18.1. The summed E-state index contributed by atoms with van der Waals surface area (Å²) in [6, 6.07) is 3.76. The Kier molecular flexibility index (Phi) is 3.97. The van der Waals surface area contributed by atoms with Crippen LogP contribution in [0.25, 0.3) is 0 Å². The minimum absolute atomic E-state index is 0.0124. The van der Waals surface area contributed by atoms with E-state index < -0.39 is 0 Å². The molecule has 1 aromatic rings. The van der Waals surface area contributed by atoms with Gasteiger partial charge in [-0.05, 0) is 32.0 Å². The second-order valence-electron chi connectivity index (χ2n) is 4.24. The first-order chi connectivity index (χ1) is 8.20. The van der Waals surface area contributed by atoms with Crippen LogP contribution in [0.15, 0.2) is 18.3 Å². The van der Waals surface area contributed by atoms with Gasteiger partial charge in [0.05, 0.1) is 5.02 Å². The van der Waals surface area contributed by atoms with Crippen LogP contribution >= 0.6 is 11.6 Å². The fourth-order valence-corrected chi connectivity index (χ4v) is 2.17. The fraction of sp³-hybridized carbons (Fsp3) is 0.500. The molecule has 0 spiro atoms. The number of nitrogens with one attached hydrogen (secondary N) is 1. The number of pyridine rings is 1. The van der Waals surface area contributed by atoms with E-state index in [1.165, 1.54) is 6.20 Å². The molecule has 5 heteroatoms. The van der Waals surface area contributed by atoms with Crippen molar-refractivity contribution in [1.82, 2.24) is 15.2 Å². The van der Waals surface area contributed by atoms with E-state index in [9.17, 15) is 4.79 Å². The van der Waals surface area contributed by atoms with E-state index in [0.717, 1.165) is 25.9 Å². The number of carbonyl (C=O) groups excluding carboxylic acids is 1. The SMILES string of the molecule is CNC1CCCN(C(=O)c2ccc(Cl)cn2)C1. The van der Waals surface area contributed by atoms with Gasteiger partial charge < -0.3 is 10.2 Å². The molecule has 0 bridgehead atoms. The van der Waals surface area contributed by atoms with Crippen molar-refractivity contribution in [3.05, 3.63) is 29.0 Å². The van der Waals surface area contributed by atoms with Gasteiger partial charge >= 0.3 is 0 Å². The molecule has 0 saturated carbocycles. The normalized spacial score (nSPS) is 20.4. The summed E-state index contributed by atoms with van der Waals surface area (Å²) in [5.74, 6) is -0.0124. The van der Waals surface area contributed by atoms with Crippen molar-refractivity contribution < 1.29 is 4.79 Å². The number of piperidine rings is 1. The molecule has 1 aromatic heterocycles. The van der Waals surface area contributed by atoms with Crippen LogP contribution in [-0.2, 0) is 0 Å². The molecular formula is C12H16ClN3O. The molecule has 1 aliphatic heterocycles. The molecule has 2 heterocycles. The van der Waals surface area contributed by atoms with Crippen LogP contribution in [0.2, 0.25) is 5.02 Å². The van der Waals surface area contributed by atoms with Crippen molar-refractivity contribution in [1.29, 1.82) is 0 Å². The van der Waals surface area contributed by atoms with Crippen molar-refractivity contribution in [2.75, 3.05) is 20.1 Å². The van der Waals surface area contributed by atoms with Gasteiger partial charge in [0.2, 0.25) is 0 Å². The summed E-state index contributed by atoms with van der Waals surface area (Å²) in [6.07, 6.45) is 3.66. The lowest BCUT2D eigenvalue weighted by molar-refractivity contribution is 0.0692. The van der Waals surface area contributed by atoms with Crippen molar-refractivity contribution in [2.24, 2.45) is 0 Å². The first-order valence-electron chi connectivity index (χ1n) is 5.79. The highest BCUT2D eigenvalue weighted by molar-refractivity contribution is 6.30. The lowest BCUT2D eigenvalue weighted by Gasteiger charge is -2.32. The Balaban J connectivity index is 2.06. The summed E-state index contributed by atoms with van der Waals surface area (Å²) in [5, 5.41) is 3.76. The molecule has 1 unspecified atom stereocenters. The van der Waals surface area contributed by atoms with Crippen molar-refractivity contribution >= 4 is 17.5 Å². The Bertz CT molecular complexity index is 393. The van der Waals surface area contributed by atoms with E-state index in [0.29, 0.717) is 16.8 Å². The topological polar surface area (TPSA) is 45.2 Å². The minimum atomic E-state index is -0.0124. The third-order valence-corrected chi connectivity index (χ3v) is 3.29. The summed E-state index contributed by atoms with van der Waals surface area (Å²) >= 11 is 5.75. The highest BCUT2D eigenvalue weighted by atomic mass is 35.5. The first kappa shape index (κ1) is 12.3. The molecule has 2 rings (SSSR count). The molecule has 4 nitrogen and oxygen atoms in total. The van der Waals surface area contributed by atoms with Gasteiger partial charge in [0, 0.05) is 25.3 Å². The Morgan fingerprint density at radius 3 is 3.06 bits per heavy atom. The fourth-order valence-electron chi connectivity index (χ4n) is 2.06. The molecule has 1 amide bonds. The second-order valence-corrected chi connectivity index (χ2v) is 4.68. The zero-order valence-electron chi connectivity index (χ0n) is 9.82. The molecule has 1 saturated heterocycles. The first-order valence-corrected chi connectivity index (χ1v) is 6.16. The minimum Gasteiger partial charge on any atom is -0.336 e. The van der Waals surface area contributed by atoms with Crippen LogP contribution in [0, 0.1) is 0 Å². The molecule has 1 aliphatic rings. The second kappa shape index (κ2) is 5.47. The number of likely N-dealkylation sites (N-methyl/N-ethyl adjacent to an activating group) is 1. The number of rotatable bonds is 2. The Labute approximate surface area is 106 Å². The molecule has 0 aromatic carbocycles. The van der Waals surface area contributed by atoms with Gasteiger partial charge in [-0.2, -0.15) is 0 Å². The monoisotopic (exact) mass is 253 g/mol. The van der Waals surface area contributed by atoms with E-state index in [2.05, 4.69) is 10.3 Å². The van der Waals surface area contributed by atoms with Crippen LogP contribution in [-0.4, -0.2) is 42.0 Å². The van der Waals surface area contributed by atoms with E-state index in [4.69, 9.17) is 11.6 Å². The zero-order chi connectivity index (χ0) is 12.3. The number of carbonyl (C=O) groups is 1. The maximum atomic E-state index is 12.2. The zero-order valence-corrected chi connectivity index (χ0v) is 10.6. The predicted octanol–water partition coefficient (Wildman–Crippen LogP) is 1.56. The van der Waals surface area contributed by atoms with Gasteiger partial charge in [0.25, 0.3) is 5.91 Å². The summed E-state index contributed by atoms with van der Waals surface area (Å²) in [7, 11) is 1.93. The predicted molar refractivity (Wildman–Crippen MR) is 67.2 cm³/mol. The van der Waals surface area contributed by atoms with Crippen molar-refractivity contribution in [2.45, 2.75) is 18.9 Å². The van der Waals surface area contributed by atoms with E-state index in [1.54, 1.807) is 12.1 Å². The number of halogens is 1. The number of aromatic nitrogens is 1. The number of hydrogen-bond acceptors (Lipinski definition) is 3. The Hall–Kier alpha value is -1.13. The highest BCUT2D eigenvalue weighted by Gasteiger charge is 2.23. The number of hydrogen-bond donors (Lipinski definition) is 1. The number of nitrogens with zero attached hydrogens (tertiary/aromatic N) is 2. The quantitative estimate of drug-likeness (QED) is 0.870. The Morgan fingerprint density at radius 1 is 1.59 bits per heavy atom. The van der Waals surface area contributed by atoms with Gasteiger partial charge in [0.15, 0.2) is 0 Å². The van der Waals surface area contributed by atoms with E-state index in [-0.39, 0.29) is 5.91 Å². The third-order valence-electron chi connectivity index (χ3n) is 3.06. The standard InChI is InChI=1S/C12H16ClN3O/c1-14-10-3-2-6-16(8-10)12(17)11-5-4-9(13)7-15-11/h4-5,7,10,14H,2-3,6,8H2,1H3. The summed E-state index contributed by atoms with van der Waals surface area (Å²) in [5.41, 5.74) is 0.464. The largest absolute Gasteiger partial charge is 0.336 e. The van der Waals surface area contributed by atoms with Gasteiger partial charge in [-0.15, -0.1) is 0 Å². The van der Waals surface area contributed by atoms with Crippen LogP contribution in [0.5, 0.6) is 0 Å². The van der Waals surface area contributed by atoms with Gasteiger partial charge in [0.1, 0.15) is 5.69 Å². The van der Waals surface area contributed by atoms with Crippen LogP contribution in [0.1, 0.15) is 23.3 Å². The van der Waals surface area contributed by atoms with E-state index in [1.807, 2.05) is 11.9 Å².